The molecule has 0 bridgehead atoms. The molecule has 0 saturated carbocycles. The van der Waals surface area contributed by atoms with Gasteiger partial charge in [0.1, 0.15) is 11.4 Å². The zero-order chi connectivity index (χ0) is 10.7. The topological polar surface area (TPSA) is 68.8 Å². The van der Waals surface area contributed by atoms with Crippen molar-refractivity contribution in [3.63, 3.8) is 0 Å². The first-order chi connectivity index (χ1) is 7.25. The predicted octanol–water partition coefficient (Wildman–Crippen LogP) is 0.401. The lowest BCUT2D eigenvalue weighted by Crippen LogP contribution is -2.13. The molecule has 0 amide bonds. The molecule has 80 valence electrons. The molecule has 2 aromatic rings. The summed E-state index contributed by atoms with van der Waals surface area (Å²) in [5.74, 6) is 0. The average Bonchev–Trinajstić information content (AvgIpc) is 2.77. The molecule has 0 saturated heterocycles. The average molecular weight is 207 g/mol. The van der Waals surface area contributed by atoms with E-state index >= 15 is 0 Å². The van der Waals surface area contributed by atoms with Crippen LogP contribution in [0.15, 0.2) is 17.0 Å². The molecule has 0 spiro atoms. The summed E-state index contributed by atoms with van der Waals surface area (Å²) in [5.41, 5.74) is 2.82. The number of rotatable bonds is 4. The molecular formula is C9H13N5O. The van der Waals surface area contributed by atoms with Crippen LogP contribution in [0.3, 0.4) is 0 Å². The first-order valence-electron chi connectivity index (χ1n) is 4.72. The van der Waals surface area contributed by atoms with E-state index in [9.17, 15) is 0 Å². The lowest BCUT2D eigenvalue weighted by molar-refractivity contribution is 0.300. The van der Waals surface area contributed by atoms with E-state index in [4.69, 9.17) is 0 Å². The minimum absolute atomic E-state index is 0.657. The lowest BCUT2D eigenvalue weighted by Gasteiger charge is -1.98. The molecule has 6 heteroatoms. The molecule has 2 aromatic heterocycles. The maximum Gasteiger partial charge on any atom is 0.121 e. The van der Waals surface area contributed by atoms with Crippen molar-refractivity contribution >= 4 is 0 Å². The smallest absolute Gasteiger partial charge is 0.121 e. The molecule has 15 heavy (non-hydrogen) atoms. The normalized spacial score (nSPS) is 10.8. The fraction of sp³-hybridized carbons (Fsp3) is 0.444. The molecule has 0 aliphatic heterocycles. The fourth-order valence-electron chi connectivity index (χ4n) is 1.30. The van der Waals surface area contributed by atoms with Crippen LogP contribution in [-0.4, -0.2) is 20.1 Å². The summed E-state index contributed by atoms with van der Waals surface area (Å²) >= 11 is 0. The van der Waals surface area contributed by atoms with Crippen LogP contribution >= 0.6 is 0 Å². The van der Waals surface area contributed by atoms with E-state index in [1.165, 1.54) is 0 Å². The highest BCUT2D eigenvalue weighted by atomic mass is 16.6. The Labute approximate surface area is 87.2 Å². The van der Waals surface area contributed by atoms with Gasteiger partial charge in [-0.2, -0.15) is 5.10 Å². The second-order valence-corrected chi connectivity index (χ2v) is 3.42. The second-order valence-electron chi connectivity index (χ2n) is 3.42. The largest absolute Gasteiger partial charge is 0.307 e. The Kier molecular flexibility index (Phi) is 2.77. The van der Waals surface area contributed by atoms with Crippen molar-refractivity contribution in [3.8, 4) is 0 Å². The molecule has 0 aliphatic rings. The van der Waals surface area contributed by atoms with Gasteiger partial charge in [-0.25, -0.2) is 4.63 Å². The highest BCUT2D eigenvalue weighted by Gasteiger charge is 2.04. The van der Waals surface area contributed by atoms with Crippen molar-refractivity contribution in [2.24, 2.45) is 7.05 Å². The zero-order valence-electron chi connectivity index (χ0n) is 8.77. The fourth-order valence-corrected chi connectivity index (χ4v) is 1.30. The van der Waals surface area contributed by atoms with E-state index in [2.05, 4.69) is 25.4 Å². The summed E-state index contributed by atoms with van der Waals surface area (Å²) in [6.07, 6.45) is 3.81. The molecule has 0 aliphatic carbocycles. The van der Waals surface area contributed by atoms with Gasteiger partial charge in [0.05, 0.1) is 6.20 Å². The highest BCUT2D eigenvalue weighted by molar-refractivity contribution is 5.06. The summed E-state index contributed by atoms with van der Waals surface area (Å²) in [6.45, 7) is 3.29. The zero-order valence-corrected chi connectivity index (χ0v) is 8.77. The van der Waals surface area contributed by atoms with Crippen LogP contribution in [0.5, 0.6) is 0 Å². The molecule has 2 rings (SSSR count). The SMILES string of the molecule is Cc1nonc1CNCc1cnn(C)c1. The Morgan fingerprint density at radius 2 is 2.27 bits per heavy atom. The van der Waals surface area contributed by atoms with Gasteiger partial charge >= 0.3 is 0 Å². The molecule has 0 atom stereocenters. The Hall–Kier alpha value is -1.69. The van der Waals surface area contributed by atoms with Gasteiger partial charge in [-0.1, -0.05) is 10.3 Å². The molecule has 6 nitrogen and oxygen atoms in total. The number of hydrogen-bond acceptors (Lipinski definition) is 5. The summed E-state index contributed by atoms with van der Waals surface area (Å²) in [6, 6.07) is 0. The summed E-state index contributed by atoms with van der Waals surface area (Å²) in [4.78, 5) is 0. The number of nitrogens with one attached hydrogen (secondary N) is 1. The van der Waals surface area contributed by atoms with Crippen molar-refractivity contribution in [2.75, 3.05) is 0 Å². The van der Waals surface area contributed by atoms with E-state index in [-0.39, 0.29) is 0 Å². The number of nitrogens with zero attached hydrogens (tertiary/aromatic N) is 4. The van der Waals surface area contributed by atoms with Crippen LogP contribution < -0.4 is 5.32 Å². The van der Waals surface area contributed by atoms with Crippen LogP contribution in [0.4, 0.5) is 0 Å². The first-order valence-corrected chi connectivity index (χ1v) is 4.72. The van der Waals surface area contributed by atoms with E-state index in [0.717, 1.165) is 23.5 Å². The van der Waals surface area contributed by atoms with E-state index < -0.39 is 0 Å². The minimum atomic E-state index is 0.657. The third-order valence-corrected chi connectivity index (χ3v) is 2.13. The number of hydrogen-bond donors (Lipinski definition) is 1. The molecule has 0 radical (unpaired) electrons. The number of aryl methyl sites for hydroxylation is 2. The first kappa shape index (κ1) is 9.85. The Morgan fingerprint density at radius 3 is 2.87 bits per heavy atom. The predicted molar refractivity (Wildman–Crippen MR) is 52.8 cm³/mol. The van der Waals surface area contributed by atoms with Crippen LogP contribution in [0, 0.1) is 6.92 Å². The van der Waals surface area contributed by atoms with Crippen molar-refractivity contribution < 1.29 is 4.63 Å². The minimum Gasteiger partial charge on any atom is -0.307 e. The summed E-state index contributed by atoms with van der Waals surface area (Å²) < 4.78 is 6.37. The van der Waals surface area contributed by atoms with Crippen LogP contribution in [-0.2, 0) is 20.1 Å². The van der Waals surface area contributed by atoms with Gasteiger partial charge in [0.15, 0.2) is 0 Å². The van der Waals surface area contributed by atoms with Gasteiger partial charge in [-0.15, -0.1) is 0 Å². The Bertz CT molecular complexity index is 433. The standard InChI is InChI=1S/C9H13N5O/c1-7-9(13-15-12-7)5-10-3-8-4-11-14(2)6-8/h4,6,10H,3,5H2,1-2H3. The van der Waals surface area contributed by atoms with Crippen LogP contribution in [0.1, 0.15) is 17.0 Å². The molecule has 2 heterocycles. The van der Waals surface area contributed by atoms with Gasteiger partial charge in [-0.3, -0.25) is 4.68 Å². The van der Waals surface area contributed by atoms with Crippen molar-refractivity contribution in [3.05, 3.63) is 29.3 Å². The molecular weight excluding hydrogens is 194 g/mol. The molecule has 1 N–H and O–H groups in total. The van der Waals surface area contributed by atoms with Gasteiger partial charge in [0, 0.05) is 31.9 Å². The maximum atomic E-state index is 4.60. The van der Waals surface area contributed by atoms with Gasteiger partial charge in [-0.05, 0) is 6.92 Å². The highest BCUT2D eigenvalue weighted by Crippen LogP contribution is 2.01. The van der Waals surface area contributed by atoms with Gasteiger partial charge in [0.2, 0.25) is 0 Å². The third-order valence-electron chi connectivity index (χ3n) is 2.13. The van der Waals surface area contributed by atoms with Crippen molar-refractivity contribution in [2.45, 2.75) is 20.0 Å². The van der Waals surface area contributed by atoms with E-state index in [1.54, 1.807) is 4.68 Å². The molecule has 0 unspecified atom stereocenters. The Morgan fingerprint density at radius 1 is 1.40 bits per heavy atom. The van der Waals surface area contributed by atoms with Crippen LogP contribution in [0.2, 0.25) is 0 Å². The quantitative estimate of drug-likeness (QED) is 0.786. The van der Waals surface area contributed by atoms with E-state index in [0.29, 0.717) is 6.54 Å². The van der Waals surface area contributed by atoms with Gasteiger partial charge in [0.25, 0.3) is 0 Å². The summed E-state index contributed by atoms with van der Waals surface area (Å²) in [7, 11) is 1.90. The lowest BCUT2D eigenvalue weighted by atomic mass is 10.3. The molecule has 0 fully saturated rings. The monoisotopic (exact) mass is 207 g/mol. The second kappa shape index (κ2) is 4.22. The van der Waals surface area contributed by atoms with Crippen molar-refractivity contribution in [1.29, 1.82) is 0 Å². The van der Waals surface area contributed by atoms with Crippen LogP contribution in [0.25, 0.3) is 0 Å². The molecule has 0 aromatic carbocycles. The Balaban J connectivity index is 1.83. The maximum absolute atomic E-state index is 4.60. The number of aromatic nitrogens is 4. The van der Waals surface area contributed by atoms with E-state index in [1.807, 2.05) is 26.4 Å². The van der Waals surface area contributed by atoms with Crippen molar-refractivity contribution in [1.82, 2.24) is 25.4 Å². The third kappa shape index (κ3) is 2.41. The summed E-state index contributed by atoms with van der Waals surface area (Å²) in [5, 5.41) is 14.8. The van der Waals surface area contributed by atoms with Gasteiger partial charge < -0.3 is 5.32 Å².